The molecule has 174 valence electrons. The van der Waals surface area contributed by atoms with E-state index in [1.54, 1.807) is 97.1 Å². The van der Waals surface area contributed by atoms with Gasteiger partial charge in [-0.1, -0.05) is 97.1 Å². The molecule has 0 fully saturated rings. The lowest BCUT2D eigenvalue weighted by atomic mass is 10.4. The Labute approximate surface area is 200 Å². The van der Waals surface area contributed by atoms with Crippen LogP contribution in [0.25, 0.3) is 0 Å². The third-order valence-electron chi connectivity index (χ3n) is 5.34. The van der Waals surface area contributed by atoms with Gasteiger partial charge in [0.2, 0.25) is 19.7 Å². The molecule has 0 spiro atoms. The van der Waals surface area contributed by atoms with Crippen molar-refractivity contribution in [2.75, 3.05) is 7.11 Å². The van der Waals surface area contributed by atoms with Crippen LogP contribution in [0.4, 0.5) is 0 Å². The molecule has 0 aromatic heterocycles. The quantitative estimate of drug-likeness (QED) is 0.348. The normalized spacial score (nSPS) is 12.3. The highest BCUT2D eigenvalue weighted by Crippen LogP contribution is 2.51. The van der Waals surface area contributed by atoms with Crippen molar-refractivity contribution in [1.82, 2.24) is 0 Å². The van der Waals surface area contributed by atoms with Crippen LogP contribution < -0.4 is 10.6 Å². The lowest BCUT2D eigenvalue weighted by Gasteiger charge is -2.29. The lowest BCUT2D eigenvalue weighted by Crippen LogP contribution is -2.34. The molecule has 0 amide bonds. The molecule has 0 N–H and O–H groups in total. The van der Waals surface area contributed by atoms with E-state index in [-0.39, 0.29) is 9.79 Å². The summed E-state index contributed by atoms with van der Waals surface area (Å²) in [4.78, 5) is -0.226. The zero-order valence-corrected chi connectivity index (χ0v) is 20.9. The number of rotatable bonds is 7. The summed E-state index contributed by atoms with van der Waals surface area (Å²) in [6.07, 6.45) is 0. The van der Waals surface area contributed by atoms with Gasteiger partial charge in [-0.25, -0.2) is 16.8 Å². The monoisotopic (exact) mass is 510 g/mol. The van der Waals surface area contributed by atoms with Crippen molar-refractivity contribution in [1.29, 1.82) is 0 Å². The number of sulfone groups is 2. The van der Waals surface area contributed by atoms with Gasteiger partial charge in [0.15, 0.2) is 3.96 Å². The Morgan fingerprint density at radius 2 is 0.824 bits per heavy atom. The Bertz CT molecular complexity index is 1420. The SMILES string of the molecule is COP(=C(S(=O)(=O)c1ccccc1)S(=O)(=O)c1ccccc1)(c1ccccc1)c1ccccc1. The van der Waals surface area contributed by atoms with Crippen LogP contribution in [0.15, 0.2) is 131 Å². The zero-order valence-electron chi connectivity index (χ0n) is 18.4. The molecule has 0 atom stereocenters. The van der Waals surface area contributed by atoms with Gasteiger partial charge in [-0.3, -0.25) is 0 Å². The molecule has 0 radical (unpaired) electrons. The topological polar surface area (TPSA) is 77.5 Å². The second kappa shape index (κ2) is 9.72. The van der Waals surface area contributed by atoms with Crippen LogP contribution in [-0.2, 0) is 24.2 Å². The maximum Gasteiger partial charge on any atom is 0.220 e. The smallest absolute Gasteiger partial charge is 0.220 e. The van der Waals surface area contributed by atoms with Gasteiger partial charge in [0.25, 0.3) is 0 Å². The van der Waals surface area contributed by atoms with Crippen LogP contribution in [-0.4, -0.2) is 27.9 Å². The first kappa shape index (κ1) is 24.2. The van der Waals surface area contributed by atoms with Crippen molar-refractivity contribution < 1.29 is 21.4 Å². The minimum Gasteiger partial charge on any atom is -0.354 e. The summed E-state index contributed by atoms with van der Waals surface area (Å²) in [5.74, 6) is 0. The minimum absolute atomic E-state index is 0.113. The molecular weight excluding hydrogens is 487 g/mol. The molecule has 8 heteroatoms. The Balaban J connectivity index is 2.31. The first-order valence-corrected chi connectivity index (χ1v) is 15.1. The van der Waals surface area contributed by atoms with Gasteiger partial charge in [-0.05, 0) is 24.3 Å². The zero-order chi connectivity index (χ0) is 24.2. The van der Waals surface area contributed by atoms with Crippen LogP contribution in [0.5, 0.6) is 0 Å². The van der Waals surface area contributed by atoms with Crippen LogP contribution in [0, 0.1) is 0 Å². The standard InChI is InChI=1S/C26H23O5PS2/c1-31-32(22-14-6-2-7-15-22,23-16-8-3-9-17-23)26(33(27,28)24-18-10-4-11-19-24)34(29,30)25-20-12-5-13-21-25/h2-21H,1H3. The van der Waals surface area contributed by atoms with E-state index in [0.717, 1.165) is 0 Å². The first-order valence-electron chi connectivity index (χ1n) is 10.4. The predicted octanol–water partition coefficient (Wildman–Crippen LogP) is 4.25. The molecule has 0 saturated carbocycles. The summed E-state index contributed by atoms with van der Waals surface area (Å²) in [6.45, 7) is 0. The van der Waals surface area contributed by atoms with Gasteiger partial charge in [0.1, 0.15) is 0 Å². The predicted molar refractivity (Wildman–Crippen MR) is 138 cm³/mol. The van der Waals surface area contributed by atoms with Gasteiger partial charge >= 0.3 is 0 Å². The van der Waals surface area contributed by atoms with Crippen LogP contribution >= 0.6 is 7.11 Å². The summed E-state index contributed by atoms with van der Waals surface area (Å²) in [5.41, 5.74) is 0. The fraction of sp³-hybridized carbons (Fsp3) is 0.0385. The number of hydrogen-bond acceptors (Lipinski definition) is 5. The fourth-order valence-electron chi connectivity index (χ4n) is 3.80. The Kier molecular flexibility index (Phi) is 6.91. The second-order valence-corrected chi connectivity index (χ2v) is 15.1. The molecule has 0 saturated heterocycles. The van der Waals surface area contributed by atoms with Gasteiger partial charge in [0.05, 0.1) is 16.9 Å². The molecule has 4 rings (SSSR count). The molecule has 4 aromatic carbocycles. The highest BCUT2D eigenvalue weighted by molar-refractivity contribution is 8.40. The van der Waals surface area contributed by atoms with Crippen LogP contribution in [0.2, 0.25) is 0 Å². The molecular formula is C26H23O5PS2. The third kappa shape index (κ3) is 4.17. The Morgan fingerprint density at radius 1 is 0.529 bits per heavy atom. The highest BCUT2D eigenvalue weighted by Gasteiger charge is 2.44. The molecule has 0 aliphatic carbocycles. The molecule has 5 nitrogen and oxygen atoms in total. The summed E-state index contributed by atoms with van der Waals surface area (Å²) < 4.78 is 62.4. The summed E-state index contributed by atoms with van der Waals surface area (Å²) >= 11 is 0. The van der Waals surface area contributed by atoms with Crippen molar-refractivity contribution in [3.63, 3.8) is 0 Å². The average Bonchev–Trinajstić information content (AvgIpc) is 2.89. The minimum atomic E-state index is -4.52. The summed E-state index contributed by atoms with van der Waals surface area (Å²) in [7, 11) is -11.3. The van der Waals surface area contributed by atoms with E-state index >= 15 is 0 Å². The molecule has 0 aliphatic rings. The average molecular weight is 511 g/mol. The lowest BCUT2D eigenvalue weighted by molar-refractivity contribution is 0.471. The van der Waals surface area contributed by atoms with E-state index in [1.165, 1.54) is 31.4 Å². The maximum atomic E-state index is 14.2. The summed E-state index contributed by atoms with van der Waals surface area (Å²) in [6, 6.07) is 32.6. The van der Waals surface area contributed by atoms with E-state index in [2.05, 4.69) is 0 Å². The van der Waals surface area contributed by atoms with Gasteiger partial charge in [0, 0.05) is 17.7 Å². The molecule has 34 heavy (non-hydrogen) atoms. The number of benzene rings is 4. The Morgan fingerprint density at radius 3 is 1.12 bits per heavy atom. The highest BCUT2D eigenvalue weighted by atomic mass is 32.3. The Hall–Kier alpha value is -2.96. The van der Waals surface area contributed by atoms with Gasteiger partial charge < -0.3 is 4.52 Å². The van der Waals surface area contributed by atoms with E-state index < -0.39 is 30.7 Å². The molecule has 0 heterocycles. The van der Waals surface area contributed by atoms with Crippen molar-refractivity contribution >= 4 is 41.4 Å². The second-order valence-electron chi connectivity index (χ2n) is 7.36. The van der Waals surface area contributed by atoms with Crippen LogP contribution in [0.3, 0.4) is 0 Å². The van der Waals surface area contributed by atoms with Gasteiger partial charge in [-0.15, -0.1) is 0 Å². The molecule has 0 aliphatic heterocycles. The van der Waals surface area contributed by atoms with E-state index in [1.807, 2.05) is 0 Å². The number of hydrogen-bond donors (Lipinski definition) is 0. The van der Waals surface area contributed by atoms with E-state index in [4.69, 9.17) is 4.52 Å². The van der Waals surface area contributed by atoms with Crippen molar-refractivity contribution in [3.8, 4) is 0 Å². The largest absolute Gasteiger partial charge is 0.354 e. The first-order chi connectivity index (χ1) is 16.3. The summed E-state index contributed by atoms with van der Waals surface area (Å²) in [5, 5.41) is 0.968. The van der Waals surface area contributed by atoms with E-state index in [9.17, 15) is 16.8 Å². The van der Waals surface area contributed by atoms with Crippen LogP contribution in [0.1, 0.15) is 0 Å². The molecule has 4 aromatic rings. The molecule has 0 unspecified atom stereocenters. The van der Waals surface area contributed by atoms with Crippen molar-refractivity contribution in [3.05, 3.63) is 121 Å². The third-order valence-corrected chi connectivity index (χ3v) is 15.5. The van der Waals surface area contributed by atoms with E-state index in [0.29, 0.717) is 10.6 Å². The molecule has 0 bridgehead atoms. The van der Waals surface area contributed by atoms with Crippen molar-refractivity contribution in [2.45, 2.75) is 9.79 Å². The van der Waals surface area contributed by atoms with Gasteiger partial charge in [-0.2, -0.15) is 0 Å². The fourth-order valence-corrected chi connectivity index (χ4v) is 14.5. The van der Waals surface area contributed by atoms with Crippen molar-refractivity contribution in [2.24, 2.45) is 0 Å². The maximum absolute atomic E-state index is 14.2.